The number of aryl methyl sites for hydroxylation is 2. The van der Waals surface area contributed by atoms with Crippen LogP contribution in [0.1, 0.15) is 95.2 Å². The third-order valence-corrected chi connectivity index (χ3v) is 8.27. The standard InChI is InChI=1S/C32H43NO2/c1-23(2)32(4)19-9-14-30(33)29(31(35)22-32)18-16-26-11-8-10-25(21-26)15-17-28(20-24(3)34)27-12-6-5-7-13-27/h5-8,10-13,21,23,28-29,33H,9,14-20,22H2,1-4H3/t28-,29?,32+/m1/s1. The molecule has 1 N–H and O–H groups in total. The SMILES string of the molecule is CC(=O)C[C@@H](CCc1cccc(CCC2C(=N)CCC[C@](C)(C(C)C)CC2=O)c1)c1ccccc1. The van der Waals surface area contributed by atoms with Crippen LogP contribution >= 0.6 is 0 Å². The van der Waals surface area contributed by atoms with Crippen LogP contribution in [0.15, 0.2) is 54.6 Å². The lowest BCUT2D eigenvalue weighted by atomic mass is 9.67. The lowest BCUT2D eigenvalue weighted by Crippen LogP contribution is -2.35. The fourth-order valence-corrected chi connectivity index (χ4v) is 5.54. The maximum Gasteiger partial charge on any atom is 0.142 e. The minimum absolute atomic E-state index is 0.0467. The summed E-state index contributed by atoms with van der Waals surface area (Å²) in [5.74, 6) is 0.957. The van der Waals surface area contributed by atoms with Crippen LogP contribution in [0.25, 0.3) is 0 Å². The van der Waals surface area contributed by atoms with Gasteiger partial charge in [0.25, 0.3) is 0 Å². The largest absolute Gasteiger partial charge is 0.309 e. The summed E-state index contributed by atoms with van der Waals surface area (Å²) in [6.07, 6.45) is 7.36. The number of carbonyl (C=O) groups is 2. The Bertz CT molecular complexity index is 1010. The molecule has 0 spiro atoms. The second-order valence-corrected chi connectivity index (χ2v) is 11.3. The molecule has 0 aliphatic heterocycles. The maximum atomic E-state index is 13.2. The quantitative estimate of drug-likeness (QED) is 0.383. The smallest absolute Gasteiger partial charge is 0.142 e. The van der Waals surface area contributed by atoms with Crippen LogP contribution in [-0.4, -0.2) is 17.3 Å². The van der Waals surface area contributed by atoms with Gasteiger partial charge in [-0.1, -0.05) is 75.4 Å². The Balaban J connectivity index is 1.63. The molecule has 35 heavy (non-hydrogen) atoms. The molecule has 0 heterocycles. The summed E-state index contributed by atoms with van der Waals surface area (Å²) >= 11 is 0. The predicted octanol–water partition coefficient (Wildman–Crippen LogP) is 7.76. The van der Waals surface area contributed by atoms with Crippen LogP contribution in [0.3, 0.4) is 0 Å². The van der Waals surface area contributed by atoms with E-state index in [0.717, 1.165) is 44.9 Å². The van der Waals surface area contributed by atoms with Gasteiger partial charge in [0.2, 0.25) is 0 Å². The monoisotopic (exact) mass is 473 g/mol. The molecule has 3 heteroatoms. The first-order chi connectivity index (χ1) is 16.7. The van der Waals surface area contributed by atoms with Crippen molar-refractivity contribution >= 4 is 17.3 Å². The fraction of sp³-hybridized carbons (Fsp3) is 0.531. The first-order valence-corrected chi connectivity index (χ1v) is 13.4. The number of rotatable bonds is 10. The van der Waals surface area contributed by atoms with E-state index in [1.807, 2.05) is 18.2 Å². The third kappa shape index (κ3) is 7.72. The average molecular weight is 474 g/mol. The summed E-state index contributed by atoms with van der Waals surface area (Å²) < 4.78 is 0. The van der Waals surface area contributed by atoms with E-state index >= 15 is 0 Å². The molecule has 1 aliphatic carbocycles. The van der Waals surface area contributed by atoms with Crippen molar-refractivity contribution in [2.45, 2.75) is 91.4 Å². The average Bonchev–Trinajstić information content (AvgIpc) is 2.81. The Labute approximate surface area is 212 Å². The molecule has 3 nitrogen and oxygen atoms in total. The zero-order chi connectivity index (χ0) is 25.4. The summed E-state index contributed by atoms with van der Waals surface area (Å²) in [5, 5.41) is 8.56. The van der Waals surface area contributed by atoms with Crippen molar-refractivity contribution in [3.63, 3.8) is 0 Å². The molecule has 1 fully saturated rings. The highest BCUT2D eigenvalue weighted by atomic mass is 16.1. The van der Waals surface area contributed by atoms with Gasteiger partial charge in [-0.2, -0.15) is 0 Å². The van der Waals surface area contributed by atoms with E-state index in [1.54, 1.807) is 6.92 Å². The normalized spacial score (nSPS) is 22.0. The molecule has 1 saturated carbocycles. The van der Waals surface area contributed by atoms with E-state index < -0.39 is 0 Å². The molecule has 1 aliphatic rings. The number of nitrogens with one attached hydrogen (secondary N) is 1. The van der Waals surface area contributed by atoms with Gasteiger partial charge in [0.15, 0.2) is 0 Å². The predicted molar refractivity (Wildman–Crippen MR) is 145 cm³/mol. The number of hydrogen-bond acceptors (Lipinski definition) is 3. The second-order valence-electron chi connectivity index (χ2n) is 11.3. The molecule has 2 aromatic carbocycles. The molecule has 1 unspecified atom stereocenters. The summed E-state index contributed by atoms with van der Waals surface area (Å²) in [7, 11) is 0. The second kappa shape index (κ2) is 12.4. The van der Waals surface area contributed by atoms with Gasteiger partial charge in [-0.15, -0.1) is 0 Å². The molecule has 0 aromatic heterocycles. The number of ketones is 2. The van der Waals surface area contributed by atoms with Crippen LogP contribution < -0.4 is 0 Å². The van der Waals surface area contributed by atoms with Crippen molar-refractivity contribution in [1.82, 2.24) is 0 Å². The van der Waals surface area contributed by atoms with Gasteiger partial charge in [0.05, 0.1) is 5.92 Å². The molecule has 2 aromatic rings. The molecule has 0 bridgehead atoms. The van der Waals surface area contributed by atoms with Gasteiger partial charge in [-0.3, -0.25) is 4.79 Å². The number of carbonyl (C=O) groups excluding carboxylic acids is 2. The zero-order valence-corrected chi connectivity index (χ0v) is 22.1. The first kappa shape index (κ1) is 27.0. The van der Waals surface area contributed by atoms with Crippen LogP contribution in [0.2, 0.25) is 0 Å². The van der Waals surface area contributed by atoms with Crippen molar-refractivity contribution in [2.75, 3.05) is 0 Å². The van der Waals surface area contributed by atoms with Crippen molar-refractivity contribution in [1.29, 1.82) is 5.41 Å². The molecular formula is C32H43NO2. The summed E-state index contributed by atoms with van der Waals surface area (Å²) in [5.41, 5.74) is 4.42. The van der Waals surface area contributed by atoms with Crippen molar-refractivity contribution in [3.05, 3.63) is 71.3 Å². The van der Waals surface area contributed by atoms with Gasteiger partial charge in [-0.25, -0.2) is 0 Å². The number of hydrogen-bond donors (Lipinski definition) is 1. The summed E-state index contributed by atoms with van der Waals surface area (Å²) in [6, 6.07) is 19.0. The van der Waals surface area contributed by atoms with E-state index in [4.69, 9.17) is 5.41 Å². The Morgan fingerprint density at radius 2 is 1.74 bits per heavy atom. The highest BCUT2D eigenvalue weighted by molar-refractivity contribution is 6.04. The Kier molecular flexibility index (Phi) is 9.60. The van der Waals surface area contributed by atoms with Gasteiger partial charge in [-0.05, 0) is 85.8 Å². The topological polar surface area (TPSA) is 58.0 Å². The van der Waals surface area contributed by atoms with Crippen LogP contribution in [0.4, 0.5) is 0 Å². The molecule has 0 radical (unpaired) electrons. The van der Waals surface area contributed by atoms with Gasteiger partial charge in [0, 0.05) is 18.6 Å². The minimum Gasteiger partial charge on any atom is -0.309 e. The van der Waals surface area contributed by atoms with E-state index in [2.05, 4.69) is 57.2 Å². The highest BCUT2D eigenvalue weighted by Crippen LogP contribution is 2.40. The fourth-order valence-electron chi connectivity index (χ4n) is 5.54. The molecule has 0 saturated heterocycles. The molecule has 0 amide bonds. The van der Waals surface area contributed by atoms with Crippen LogP contribution in [0.5, 0.6) is 0 Å². The van der Waals surface area contributed by atoms with Crippen molar-refractivity contribution in [2.24, 2.45) is 17.3 Å². The number of benzene rings is 2. The number of Topliss-reactive ketones (excluding diaryl/α,β-unsaturated/α-hetero) is 2. The third-order valence-electron chi connectivity index (χ3n) is 8.27. The van der Waals surface area contributed by atoms with Crippen LogP contribution in [-0.2, 0) is 22.4 Å². The van der Waals surface area contributed by atoms with Gasteiger partial charge >= 0.3 is 0 Å². The van der Waals surface area contributed by atoms with E-state index in [1.165, 1.54) is 16.7 Å². The molecule has 188 valence electrons. The highest BCUT2D eigenvalue weighted by Gasteiger charge is 2.36. The molecular weight excluding hydrogens is 430 g/mol. The van der Waals surface area contributed by atoms with E-state index in [-0.39, 0.29) is 28.8 Å². The van der Waals surface area contributed by atoms with E-state index in [9.17, 15) is 9.59 Å². The molecule has 3 atom stereocenters. The van der Waals surface area contributed by atoms with Crippen molar-refractivity contribution < 1.29 is 9.59 Å². The minimum atomic E-state index is -0.241. The Morgan fingerprint density at radius 1 is 1.06 bits per heavy atom. The Morgan fingerprint density at radius 3 is 2.40 bits per heavy atom. The molecule has 3 rings (SSSR count). The summed E-state index contributed by atoms with van der Waals surface area (Å²) in [4.78, 5) is 25.1. The van der Waals surface area contributed by atoms with E-state index in [0.29, 0.717) is 24.5 Å². The van der Waals surface area contributed by atoms with Crippen LogP contribution in [0, 0.1) is 22.7 Å². The Hall–Kier alpha value is -2.55. The summed E-state index contributed by atoms with van der Waals surface area (Å²) in [6.45, 7) is 8.37. The van der Waals surface area contributed by atoms with Gasteiger partial charge < -0.3 is 10.2 Å². The lowest BCUT2D eigenvalue weighted by molar-refractivity contribution is -0.124. The zero-order valence-electron chi connectivity index (χ0n) is 22.1. The van der Waals surface area contributed by atoms with Gasteiger partial charge in [0.1, 0.15) is 11.6 Å². The lowest BCUT2D eigenvalue weighted by Gasteiger charge is -2.36. The van der Waals surface area contributed by atoms with Crippen molar-refractivity contribution in [3.8, 4) is 0 Å². The maximum absolute atomic E-state index is 13.2. The first-order valence-electron chi connectivity index (χ1n) is 13.4.